The highest BCUT2D eigenvalue weighted by Crippen LogP contribution is 2.26. The van der Waals surface area contributed by atoms with Gasteiger partial charge in [0.1, 0.15) is 0 Å². The van der Waals surface area contributed by atoms with Crippen molar-refractivity contribution < 1.29 is 0 Å². The molecule has 0 atom stereocenters. The number of rotatable bonds is 3. The summed E-state index contributed by atoms with van der Waals surface area (Å²) in [5.41, 5.74) is 3.00. The molecule has 0 fully saturated rings. The molecule has 0 aliphatic carbocycles. The first-order chi connectivity index (χ1) is 10.1. The van der Waals surface area contributed by atoms with Gasteiger partial charge in [-0.15, -0.1) is 0 Å². The van der Waals surface area contributed by atoms with E-state index in [2.05, 4.69) is 48.2 Å². The Bertz CT molecular complexity index is 805. The summed E-state index contributed by atoms with van der Waals surface area (Å²) in [5, 5.41) is 5.24. The van der Waals surface area contributed by atoms with Gasteiger partial charge in [0.25, 0.3) is 0 Å². The molecule has 2 aromatic carbocycles. The van der Waals surface area contributed by atoms with Crippen molar-refractivity contribution in [2.24, 2.45) is 0 Å². The average Bonchev–Trinajstić information content (AvgIpc) is 2.46. The molecule has 0 aliphatic rings. The molecule has 0 amide bonds. The number of hydrogen-bond donors (Lipinski definition) is 1. The van der Waals surface area contributed by atoms with E-state index in [1.165, 1.54) is 0 Å². The third-order valence-electron chi connectivity index (χ3n) is 3.16. The van der Waals surface area contributed by atoms with Gasteiger partial charge in [-0.05, 0) is 45.8 Å². The van der Waals surface area contributed by atoms with Crippen LogP contribution in [-0.2, 0) is 6.54 Å². The number of hydrogen-bond acceptors (Lipinski definition) is 2. The maximum Gasteiger partial charge on any atom is 0.0934 e. The van der Waals surface area contributed by atoms with E-state index in [9.17, 15) is 0 Å². The molecule has 0 bridgehead atoms. The Kier molecular flexibility index (Phi) is 4.48. The second kappa shape index (κ2) is 6.34. The maximum atomic E-state index is 6.24. The lowest BCUT2D eigenvalue weighted by atomic mass is 10.1. The van der Waals surface area contributed by atoms with Gasteiger partial charge < -0.3 is 5.32 Å². The smallest absolute Gasteiger partial charge is 0.0934 e. The van der Waals surface area contributed by atoms with E-state index in [1.807, 2.05) is 36.4 Å². The van der Waals surface area contributed by atoms with Gasteiger partial charge in [-0.2, -0.15) is 0 Å². The van der Waals surface area contributed by atoms with E-state index in [1.54, 1.807) is 6.20 Å². The van der Waals surface area contributed by atoms with Crippen LogP contribution in [0.5, 0.6) is 0 Å². The molecular formula is C16H11Br2ClN2. The van der Waals surface area contributed by atoms with Crippen molar-refractivity contribution in [2.45, 2.75) is 6.54 Å². The lowest BCUT2D eigenvalue weighted by molar-refractivity contribution is 1.15. The van der Waals surface area contributed by atoms with Gasteiger partial charge in [-0.1, -0.05) is 45.7 Å². The van der Waals surface area contributed by atoms with Crippen LogP contribution < -0.4 is 5.32 Å². The lowest BCUT2D eigenvalue weighted by Crippen LogP contribution is -2.01. The van der Waals surface area contributed by atoms with Crippen molar-refractivity contribution in [2.75, 3.05) is 5.32 Å². The van der Waals surface area contributed by atoms with Crippen molar-refractivity contribution in [3.63, 3.8) is 0 Å². The number of fused-ring (bicyclic) bond motifs is 1. The summed E-state index contributed by atoms with van der Waals surface area (Å²) >= 11 is 13.1. The van der Waals surface area contributed by atoms with Crippen LogP contribution in [0.3, 0.4) is 0 Å². The summed E-state index contributed by atoms with van der Waals surface area (Å²) in [6, 6.07) is 14.0. The molecule has 1 aromatic heterocycles. The fraction of sp³-hybridized carbons (Fsp3) is 0.0625. The molecule has 0 unspecified atom stereocenters. The molecule has 1 heterocycles. The molecule has 1 N–H and O–H groups in total. The van der Waals surface area contributed by atoms with Crippen molar-refractivity contribution in [1.82, 2.24) is 4.98 Å². The fourth-order valence-electron chi connectivity index (χ4n) is 2.13. The first-order valence-electron chi connectivity index (χ1n) is 6.35. The summed E-state index contributed by atoms with van der Waals surface area (Å²) in [6.45, 7) is 0.656. The minimum atomic E-state index is 0.656. The largest absolute Gasteiger partial charge is 0.379 e. The lowest BCUT2D eigenvalue weighted by Gasteiger charge is -2.10. The van der Waals surface area contributed by atoms with Crippen LogP contribution in [0.15, 0.2) is 57.6 Å². The number of para-hydroxylation sites is 1. The third-order valence-corrected chi connectivity index (χ3v) is 4.44. The number of aromatic nitrogens is 1. The van der Waals surface area contributed by atoms with Crippen LogP contribution in [0.25, 0.3) is 10.9 Å². The van der Waals surface area contributed by atoms with Crippen molar-refractivity contribution >= 4 is 60.1 Å². The number of benzene rings is 2. The Hall–Kier alpha value is -1.10. The molecule has 106 valence electrons. The Morgan fingerprint density at radius 2 is 1.90 bits per heavy atom. The predicted molar refractivity (Wildman–Crippen MR) is 95.9 cm³/mol. The SMILES string of the molecule is Clc1cc(Br)ccc1CNc1cccc2cc(Br)cnc12. The van der Waals surface area contributed by atoms with Crippen molar-refractivity contribution in [3.8, 4) is 0 Å². The quantitative estimate of drug-likeness (QED) is 0.553. The van der Waals surface area contributed by atoms with Gasteiger partial charge in [0, 0.05) is 32.1 Å². The van der Waals surface area contributed by atoms with Crippen LogP contribution in [-0.4, -0.2) is 4.98 Å². The number of anilines is 1. The zero-order chi connectivity index (χ0) is 14.8. The Labute approximate surface area is 144 Å². The summed E-state index contributed by atoms with van der Waals surface area (Å²) in [7, 11) is 0. The zero-order valence-electron chi connectivity index (χ0n) is 10.9. The Morgan fingerprint density at radius 1 is 1.05 bits per heavy atom. The van der Waals surface area contributed by atoms with Gasteiger partial charge in [0.15, 0.2) is 0 Å². The topological polar surface area (TPSA) is 24.9 Å². The second-order valence-electron chi connectivity index (χ2n) is 4.62. The zero-order valence-corrected chi connectivity index (χ0v) is 14.8. The highest BCUT2D eigenvalue weighted by atomic mass is 79.9. The molecule has 0 saturated heterocycles. The summed E-state index contributed by atoms with van der Waals surface area (Å²) in [6.07, 6.45) is 1.81. The minimum Gasteiger partial charge on any atom is -0.379 e. The molecular weight excluding hydrogens is 415 g/mol. The highest BCUT2D eigenvalue weighted by Gasteiger charge is 2.05. The molecule has 21 heavy (non-hydrogen) atoms. The molecule has 3 aromatic rings. The van der Waals surface area contributed by atoms with Gasteiger partial charge >= 0.3 is 0 Å². The number of nitrogens with one attached hydrogen (secondary N) is 1. The van der Waals surface area contributed by atoms with Crippen LogP contribution in [0.4, 0.5) is 5.69 Å². The standard InChI is InChI=1S/C16H11Br2ClN2/c17-12-5-4-11(14(19)7-12)8-20-15-3-1-2-10-6-13(18)9-21-16(10)15/h1-7,9,20H,8H2. The molecule has 2 nitrogen and oxygen atoms in total. The van der Waals surface area contributed by atoms with Gasteiger partial charge in [-0.25, -0.2) is 0 Å². The highest BCUT2D eigenvalue weighted by molar-refractivity contribution is 9.10. The Morgan fingerprint density at radius 3 is 2.71 bits per heavy atom. The van der Waals surface area contributed by atoms with Crippen LogP contribution in [0.1, 0.15) is 5.56 Å². The monoisotopic (exact) mass is 424 g/mol. The number of pyridine rings is 1. The van der Waals surface area contributed by atoms with Gasteiger partial charge in [-0.3, -0.25) is 4.98 Å². The van der Waals surface area contributed by atoms with Crippen molar-refractivity contribution in [1.29, 1.82) is 0 Å². The van der Waals surface area contributed by atoms with E-state index >= 15 is 0 Å². The molecule has 5 heteroatoms. The number of nitrogens with zero attached hydrogens (tertiary/aromatic N) is 1. The van der Waals surface area contributed by atoms with Crippen LogP contribution in [0.2, 0.25) is 5.02 Å². The first-order valence-corrected chi connectivity index (χ1v) is 8.32. The van der Waals surface area contributed by atoms with E-state index in [-0.39, 0.29) is 0 Å². The summed E-state index contributed by atoms with van der Waals surface area (Å²) < 4.78 is 1.95. The third kappa shape index (κ3) is 3.39. The second-order valence-corrected chi connectivity index (χ2v) is 6.86. The normalized spacial score (nSPS) is 10.8. The minimum absolute atomic E-state index is 0.656. The number of halogens is 3. The summed E-state index contributed by atoms with van der Waals surface area (Å²) in [4.78, 5) is 4.48. The molecule has 0 radical (unpaired) electrons. The van der Waals surface area contributed by atoms with Gasteiger partial charge in [0.2, 0.25) is 0 Å². The average molecular weight is 427 g/mol. The summed E-state index contributed by atoms with van der Waals surface area (Å²) in [5.74, 6) is 0. The van der Waals surface area contributed by atoms with E-state index in [0.29, 0.717) is 6.54 Å². The molecule has 3 rings (SSSR count). The van der Waals surface area contributed by atoms with E-state index < -0.39 is 0 Å². The van der Waals surface area contributed by atoms with Gasteiger partial charge in [0.05, 0.1) is 11.2 Å². The van der Waals surface area contributed by atoms with Crippen LogP contribution in [0, 0.1) is 0 Å². The molecule has 0 saturated carbocycles. The van der Waals surface area contributed by atoms with E-state index in [4.69, 9.17) is 11.6 Å². The van der Waals surface area contributed by atoms with Crippen LogP contribution >= 0.6 is 43.5 Å². The predicted octanol–water partition coefficient (Wildman–Crippen LogP) is 6.03. The molecule has 0 spiro atoms. The van der Waals surface area contributed by atoms with E-state index in [0.717, 1.165) is 36.1 Å². The molecule has 0 aliphatic heterocycles. The fourth-order valence-corrected chi connectivity index (χ4v) is 3.22. The Balaban J connectivity index is 1.88. The first kappa shape index (κ1) is 14.8. The maximum absolute atomic E-state index is 6.24. The van der Waals surface area contributed by atoms with Crippen molar-refractivity contribution in [3.05, 3.63) is 68.2 Å².